The lowest BCUT2D eigenvalue weighted by Gasteiger charge is -2.15. The molecule has 0 radical (unpaired) electrons. The van der Waals surface area contributed by atoms with E-state index in [1.807, 2.05) is 6.07 Å². The van der Waals surface area contributed by atoms with Gasteiger partial charge in [0.05, 0.1) is 29.2 Å². The van der Waals surface area contributed by atoms with Crippen molar-refractivity contribution < 1.29 is 23.9 Å². The Labute approximate surface area is 182 Å². The first-order valence-electron chi connectivity index (χ1n) is 9.17. The largest absolute Gasteiger partial charge is 0.449 e. The molecule has 9 nitrogen and oxygen atoms in total. The third-order valence-corrected chi connectivity index (χ3v) is 4.79. The maximum atomic E-state index is 12.3. The topological polar surface area (TPSA) is 129 Å². The second-order valence-corrected chi connectivity index (χ2v) is 7.09. The molecule has 2 aromatic rings. The zero-order chi connectivity index (χ0) is 22.5. The van der Waals surface area contributed by atoms with Crippen LogP contribution >= 0.6 is 11.6 Å². The Bertz CT molecular complexity index is 1080. The zero-order valence-corrected chi connectivity index (χ0v) is 17.1. The third kappa shape index (κ3) is 5.18. The van der Waals surface area contributed by atoms with Gasteiger partial charge in [0, 0.05) is 5.69 Å². The average molecular weight is 441 g/mol. The van der Waals surface area contributed by atoms with E-state index in [9.17, 15) is 19.2 Å². The maximum Gasteiger partial charge on any atom is 0.338 e. The van der Waals surface area contributed by atoms with Crippen molar-refractivity contribution >= 4 is 41.1 Å². The number of hydrogen-bond donors (Lipinski definition) is 2. The molecule has 4 amide bonds. The number of urea groups is 1. The summed E-state index contributed by atoms with van der Waals surface area (Å²) in [5.74, 6) is -1.59. The van der Waals surface area contributed by atoms with Gasteiger partial charge in [-0.2, -0.15) is 5.26 Å². The fourth-order valence-electron chi connectivity index (χ4n) is 2.75. The minimum atomic E-state index is -1.09. The van der Waals surface area contributed by atoms with Crippen molar-refractivity contribution in [1.29, 1.82) is 5.26 Å². The minimum Gasteiger partial charge on any atom is -0.449 e. The van der Waals surface area contributed by atoms with Crippen LogP contribution in [0.4, 0.5) is 10.5 Å². The van der Waals surface area contributed by atoms with Crippen molar-refractivity contribution in [3.05, 3.63) is 64.2 Å². The van der Waals surface area contributed by atoms with Crippen molar-refractivity contribution in [2.45, 2.75) is 19.6 Å². The molecule has 31 heavy (non-hydrogen) atoms. The molecule has 1 aliphatic rings. The molecule has 0 bridgehead atoms. The normalized spacial score (nSPS) is 13.9. The number of amides is 4. The molecule has 158 valence electrons. The van der Waals surface area contributed by atoms with Crippen LogP contribution in [-0.4, -0.2) is 41.4 Å². The molecule has 3 rings (SSSR count). The first-order valence-corrected chi connectivity index (χ1v) is 9.55. The number of esters is 1. The standard InChI is InChI=1S/C21H17ClN4O5/c1-12(19(28)25-16-7-6-15(9-23)17(22)8-16)31-20(29)14-4-2-13(3-5-14)11-26-18(27)10-24-21(26)30/h2-8,12H,10-11H2,1H3,(H,24,30)(H,25,28)/t12-/m0/s1. The van der Waals surface area contributed by atoms with Gasteiger partial charge in [0.1, 0.15) is 6.07 Å². The lowest BCUT2D eigenvalue weighted by Crippen LogP contribution is -2.30. The van der Waals surface area contributed by atoms with Crippen molar-refractivity contribution in [2.75, 3.05) is 11.9 Å². The van der Waals surface area contributed by atoms with E-state index in [1.165, 1.54) is 37.3 Å². The molecular formula is C21H17ClN4O5. The molecule has 2 aromatic carbocycles. The maximum absolute atomic E-state index is 12.3. The van der Waals surface area contributed by atoms with Gasteiger partial charge in [-0.15, -0.1) is 0 Å². The van der Waals surface area contributed by atoms with Crippen molar-refractivity contribution in [2.24, 2.45) is 0 Å². The van der Waals surface area contributed by atoms with Crippen molar-refractivity contribution in [3.8, 4) is 6.07 Å². The molecule has 10 heteroatoms. The fraction of sp³-hybridized carbons (Fsp3) is 0.190. The van der Waals surface area contributed by atoms with Crippen LogP contribution in [-0.2, 0) is 20.9 Å². The Morgan fingerprint density at radius 3 is 2.55 bits per heavy atom. The van der Waals surface area contributed by atoms with Gasteiger partial charge in [0.15, 0.2) is 6.10 Å². The smallest absolute Gasteiger partial charge is 0.338 e. The molecule has 2 N–H and O–H groups in total. The average Bonchev–Trinajstić information content (AvgIpc) is 3.06. The predicted molar refractivity (Wildman–Crippen MR) is 110 cm³/mol. The molecule has 1 heterocycles. The van der Waals surface area contributed by atoms with E-state index in [-0.39, 0.29) is 35.1 Å². The number of ether oxygens (including phenoxy) is 1. The zero-order valence-electron chi connectivity index (χ0n) is 16.3. The lowest BCUT2D eigenvalue weighted by atomic mass is 10.1. The summed E-state index contributed by atoms with van der Waals surface area (Å²) in [5.41, 5.74) is 1.51. The Morgan fingerprint density at radius 1 is 1.26 bits per heavy atom. The summed E-state index contributed by atoms with van der Waals surface area (Å²) < 4.78 is 5.19. The molecule has 1 atom stereocenters. The Balaban J connectivity index is 1.57. The number of imide groups is 1. The third-order valence-electron chi connectivity index (χ3n) is 4.48. The molecule has 1 saturated heterocycles. The van der Waals surface area contributed by atoms with E-state index in [0.717, 1.165) is 4.90 Å². The monoisotopic (exact) mass is 440 g/mol. The summed E-state index contributed by atoms with van der Waals surface area (Å²) in [6.07, 6.45) is -1.09. The number of nitriles is 1. The highest BCUT2D eigenvalue weighted by molar-refractivity contribution is 6.32. The molecule has 0 aliphatic carbocycles. The molecular weight excluding hydrogens is 424 g/mol. The number of carbonyl (C=O) groups excluding carboxylic acids is 4. The predicted octanol–water partition coefficient (Wildman–Crippen LogP) is 2.45. The van der Waals surface area contributed by atoms with Crippen LogP contribution in [0.2, 0.25) is 5.02 Å². The summed E-state index contributed by atoms with van der Waals surface area (Å²) in [6.45, 7) is 1.48. The fourth-order valence-corrected chi connectivity index (χ4v) is 2.98. The van der Waals surface area contributed by atoms with E-state index in [1.54, 1.807) is 12.1 Å². The van der Waals surface area contributed by atoms with E-state index in [4.69, 9.17) is 21.6 Å². The van der Waals surface area contributed by atoms with Gasteiger partial charge < -0.3 is 15.4 Å². The molecule has 1 aliphatic heterocycles. The van der Waals surface area contributed by atoms with Gasteiger partial charge in [0.25, 0.3) is 5.91 Å². The highest BCUT2D eigenvalue weighted by Crippen LogP contribution is 2.20. The van der Waals surface area contributed by atoms with E-state index in [2.05, 4.69) is 10.6 Å². The van der Waals surface area contributed by atoms with Crippen LogP contribution in [0.3, 0.4) is 0 Å². The minimum absolute atomic E-state index is 0.0299. The second-order valence-electron chi connectivity index (χ2n) is 6.68. The summed E-state index contributed by atoms with van der Waals surface area (Å²) in [6, 6.07) is 12.0. The van der Waals surface area contributed by atoms with Gasteiger partial charge in [-0.05, 0) is 42.8 Å². The van der Waals surface area contributed by atoms with Gasteiger partial charge >= 0.3 is 12.0 Å². The number of carbonyl (C=O) groups is 4. The second kappa shape index (κ2) is 9.28. The van der Waals surface area contributed by atoms with Gasteiger partial charge in [0.2, 0.25) is 5.91 Å². The number of rotatable bonds is 6. The van der Waals surface area contributed by atoms with Crippen LogP contribution in [0.15, 0.2) is 42.5 Å². The van der Waals surface area contributed by atoms with Crippen LogP contribution < -0.4 is 10.6 Å². The Morgan fingerprint density at radius 2 is 1.97 bits per heavy atom. The molecule has 0 spiro atoms. The van der Waals surface area contributed by atoms with Crippen LogP contribution in [0, 0.1) is 11.3 Å². The van der Waals surface area contributed by atoms with E-state index >= 15 is 0 Å². The molecule has 1 fully saturated rings. The number of benzene rings is 2. The van der Waals surface area contributed by atoms with Crippen molar-refractivity contribution in [1.82, 2.24) is 10.2 Å². The Hall–Kier alpha value is -3.90. The summed E-state index contributed by atoms with van der Waals surface area (Å²) in [7, 11) is 0. The van der Waals surface area contributed by atoms with Crippen LogP contribution in [0.25, 0.3) is 0 Å². The summed E-state index contributed by atoms with van der Waals surface area (Å²) in [4.78, 5) is 48.9. The molecule has 0 unspecified atom stereocenters. The van der Waals surface area contributed by atoms with Crippen LogP contribution in [0.1, 0.15) is 28.4 Å². The number of nitrogens with zero attached hydrogens (tertiary/aromatic N) is 2. The van der Waals surface area contributed by atoms with Gasteiger partial charge in [-0.25, -0.2) is 9.59 Å². The van der Waals surface area contributed by atoms with Gasteiger partial charge in [-0.3, -0.25) is 14.5 Å². The van der Waals surface area contributed by atoms with E-state index in [0.29, 0.717) is 11.3 Å². The number of anilines is 1. The number of halogens is 1. The lowest BCUT2D eigenvalue weighted by molar-refractivity contribution is -0.125. The Kier molecular flexibility index (Phi) is 6.52. The highest BCUT2D eigenvalue weighted by Gasteiger charge is 2.28. The molecule has 0 aromatic heterocycles. The van der Waals surface area contributed by atoms with Gasteiger partial charge in [-0.1, -0.05) is 23.7 Å². The summed E-state index contributed by atoms with van der Waals surface area (Å²) >= 11 is 5.94. The quantitative estimate of drug-likeness (QED) is 0.524. The first kappa shape index (κ1) is 21.8. The number of nitrogens with one attached hydrogen (secondary N) is 2. The SMILES string of the molecule is C[C@H](OC(=O)c1ccc(CN2C(=O)CNC2=O)cc1)C(=O)Nc1ccc(C#N)c(Cl)c1. The van der Waals surface area contributed by atoms with E-state index < -0.39 is 24.0 Å². The molecule has 0 saturated carbocycles. The first-order chi connectivity index (χ1) is 14.8. The summed E-state index contributed by atoms with van der Waals surface area (Å²) in [5, 5.41) is 14.1. The van der Waals surface area contributed by atoms with Crippen LogP contribution in [0.5, 0.6) is 0 Å². The van der Waals surface area contributed by atoms with Crippen molar-refractivity contribution in [3.63, 3.8) is 0 Å². The highest BCUT2D eigenvalue weighted by atomic mass is 35.5. The number of hydrogen-bond acceptors (Lipinski definition) is 6.